The first-order valence-corrected chi connectivity index (χ1v) is 11.9. The monoisotopic (exact) mass is 461 g/mol. The van der Waals surface area contributed by atoms with Crippen molar-refractivity contribution in [3.05, 3.63) is 73.5 Å². The summed E-state index contributed by atoms with van der Waals surface area (Å²) in [6.07, 6.45) is 0.751. The van der Waals surface area contributed by atoms with Crippen LogP contribution in [0, 0.1) is 0 Å². The van der Waals surface area contributed by atoms with E-state index in [9.17, 15) is 9.59 Å². The first-order valence-electron chi connectivity index (χ1n) is 8.79. The van der Waals surface area contributed by atoms with Crippen LogP contribution in [0.15, 0.2) is 63.2 Å². The molecule has 0 fully saturated rings. The van der Waals surface area contributed by atoms with Gasteiger partial charge in [-0.3, -0.25) is 14.2 Å². The molecule has 0 aliphatic rings. The fourth-order valence-electron chi connectivity index (χ4n) is 2.77. The molecule has 0 unspecified atom stereocenters. The number of anilines is 1. The van der Waals surface area contributed by atoms with Gasteiger partial charge in [0.05, 0.1) is 11.3 Å². The maximum absolute atomic E-state index is 12.9. The number of thiophene rings is 2. The second-order valence-corrected chi connectivity index (χ2v) is 9.49. The van der Waals surface area contributed by atoms with E-state index in [2.05, 4.69) is 16.4 Å². The van der Waals surface area contributed by atoms with E-state index in [4.69, 9.17) is 11.6 Å². The molecule has 0 bridgehead atoms. The van der Waals surface area contributed by atoms with Crippen molar-refractivity contribution in [2.75, 3.05) is 11.1 Å². The van der Waals surface area contributed by atoms with Gasteiger partial charge in [0, 0.05) is 22.1 Å². The van der Waals surface area contributed by atoms with E-state index in [-0.39, 0.29) is 17.2 Å². The zero-order valence-electron chi connectivity index (χ0n) is 15.1. The summed E-state index contributed by atoms with van der Waals surface area (Å²) in [6.45, 7) is 0.529. The number of hydrogen-bond acceptors (Lipinski definition) is 6. The van der Waals surface area contributed by atoms with Gasteiger partial charge in [0.15, 0.2) is 5.16 Å². The fraction of sp³-hybridized carbons (Fsp3) is 0.150. The molecule has 3 aromatic heterocycles. The van der Waals surface area contributed by atoms with Crippen molar-refractivity contribution in [3.63, 3.8) is 0 Å². The zero-order valence-corrected chi connectivity index (χ0v) is 18.3. The molecule has 3 heterocycles. The summed E-state index contributed by atoms with van der Waals surface area (Å²) >= 11 is 10.2. The number of halogens is 1. The Kier molecular flexibility index (Phi) is 6.34. The van der Waals surface area contributed by atoms with Gasteiger partial charge in [-0.2, -0.15) is 0 Å². The smallest absolute Gasteiger partial charge is 0.272 e. The summed E-state index contributed by atoms with van der Waals surface area (Å²) in [5, 5.41) is 7.89. The topological polar surface area (TPSA) is 64.0 Å². The second kappa shape index (κ2) is 9.13. The van der Waals surface area contributed by atoms with Gasteiger partial charge in [-0.1, -0.05) is 29.4 Å². The van der Waals surface area contributed by atoms with Gasteiger partial charge in [0.1, 0.15) is 4.70 Å². The third-order valence-corrected chi connectivity index (χ3v) is 7.21. The van der Waals surface area contributed by atoms with Crippen molar-refractivity contribution >= 4 is 67.8 Å². The van der Waals surface area contributed by atoms with Crippen LogP contribution in [0.5, 0.6) is 0 Å². The van der Waals surface area contributed by atoms with E-state index < -0.39 is 0 Å². The standard InChI is InChI=1S/C20H16ClN3O2S3/c21-13-3-5-14(6-4-13)22-17(25)12-29-20-23-16-8-11-28-18(16)19(26)24(20)9-7-15-2-1-10-27-15/h1-6,8,10-11H,7,9,12H2,(H,22,25). The average molecular weight is 462 g/mol. The third kappa shape index (κ3) is 4.90. The molecule has 1 N–H and O–H groups in total. The fourth-order valence-corrected chi connectivity index (χ4v) is 5.20. The van der Waals surface area contributed by atoms with Gasteiger partial charge in [0.25, 0.3) is 5.56 Å². The number of aromatic nitrogens is 2. The molecule has 5 nitrogen and oxygen atoms in total. The number of benzene rings is 1. The highest BCUT2D eigenvalue weighted by molar-refractivity contribution is 7.99. The van der Waals surface area contributed by atoms with Gasteiger partial charge in [-0.05, 0) is 53.6 Å². The Morgan fingerprint density at radius 1 is 1.14 bits per heavy atom. The van der Waals surface area contributed by atoms with Gasteiger partial charge in [-0.25, -0.2) is 4.98 Å². The highest BCUT2D eigenvalue weighted by atomic mass is 35.5. The van der Waals surface area contributed by atoms with E-state index in [0.717, 1.165) is 6.42 Å². The SMILES string of the molecule is O=C(CSc1nc2ccsc2c(=O)n1CCc1cccs1)Nc1ccc(Cl)cc1. The van der Waals surface area contributed by atoms with Crippen LogP contribution < -0.4 is 10.9 Å². The van der Waals surface area contributed by atoms with Crippen molar-refractivity contribution in [1.82, 2.24) is 9.55 Å². The normalized spacial score (nSPS) is 11.1. The van der Waals surface area contributed by atoms with Crippen molar-refractivity contribution < 1.29 is 4.79 Å². The predicted octanol–water partition coefficient (Wildman–Crippen LogP) is 5.15. The van der Waals surface area contributed by atoms with E-state index in [1.165, 1.54) is 28.0 Å². The lowest BCUT2D eigenvalue weighted by atomic mass is 10.3. The molecular weight excluding hydrogens is 446 g/mol. The molecule has 0 radical (unpaired) electrons. The number of nitrogens with one attached hydrogen (secondary N) is 1. The quantitative estimate of drug-likeness (QED) is 0.305. The predicted molar refractivity (Wildman–Crippen MR) is 123 cm³/mol. The lowest BCUT2D eigenvalue weighted by molar-refractivity contribution is -0.113. The van der Waals surface area contributed by atoms with Crippen LogP contribution in [0.1, 0.15) is 4.88 Å². The number of carbonyl (C=O) groups excluding carboxylic acids is 1. The summed E-state index contributed by atoms with van der Waals surface area (Å²) in [6, 6.07) is 12.8. The average Bonchev–Trinajstić information content (AvgIpc) is 3.39. The number of rotatable bonds is 7. The number of thioether (sulfide) groups is 1. The molecule has 0 aliphatic heterocycles. The molecule has 0 aliphatic carbocycles. The van der Waals surface area contributed by atoms with Crippen LogP contribution in [-0.2, 0) is 17.8 Å². The zero-order chi connectivity index (χ0) is 20.2. The van der Waals surface area contributed by atoms with Crippen LogP contribution in [0.2, 0.25) is 5.02 Å². The minimum atomic E-state index is -0.165. The van der Waals surface area contributed by atoms with Crippen molar-refractivity contribution in [3.8, 4) is 0 Å². The number of aryl methyl sites for hydroxylation is 1. The molecule has 4 rings (SSSR count). The summed E-state index contributed by atoms with van der Waals surface area (Å²) in [7, 11) is 0. The Morgan fingerprint density at radius 2 is 1.97 bits per heavy atom. The minimum absolute atomic E-state index is 0.0536. The summed E-state index contributed by atoms with van der Waals surface area (Å²) in [5.41, 5.74) is 1.30. The summed E-state index contributed by atoms with van der Waals surface area (Å²) in [5.74, 6) is -0.00855. The van der Waals surface area contributed by atoms with Crippen LogP contribution >= 0.6 is 46.0 Å². The third-order valence-electron chi connectivity index (χ3n) is 4.15. The molecule has 4 aromatic rings. The second-order valence-electron chi connectivity index (χ2n) is 6.16. The van der Waals surface area contributed by atoms with Gasteiger partial charge < -0.3 is 5.32 Å². The Balaban J connectivity index is 1.51. The molecular formula is C20H16ClN3O2S3. The highest BCUT2D eigenvalue weighted by Crippen LogP contribution is 2.22. The molecule has 1 amide bonds. The molecule has 0 saturated carbocycles. The summed E-state index contributed by atoms with van der Waals surface area (Å²) in [4.78, 5) is 31.1. The van der Waals surface area contributed by atoms with Gasteiger partial charge >= 0.3 is 0 Å². The minimum Gasteiger partial charge on any atom is -0.325 e. The molecule has 0 saturated heterocycles. The molecule has 9 heteroatoms. The molecule has 0 spiro atoms. The molecule has 0 atom stereocenters. The van der Waals surface area contributed by atoms with E-state index in [1.807, 2.05) is 22.9 Å². The lowest BCUT2D eigenvalue weighted by Crippen LogP contribution is -2.24. The van der Waals surface area contributed by atoms with Crippen molar-refractivity contribution in [2.24, 2.45) is 0 Å². The molecule has 29 heavy (non-hydrogen) atoms. The molecule has 148 valence electrons. The van der Waals surface area contributed by atoms with E-state index >= 15 is 0 Å². The lowest BCUT2D eigenvalue weighted by Gasteiger charge is -2.11. The first kappa shape index (κ1) is 20.2. The Bertz CT molecular complexity index is 1180. The van der Waals surface area contributed by atoms with Crippen LogP contribution in [0.4, 0.5) is 5.69 Å². The van der Waals surface area contributed by atoms with Crippen LogP contribution in [-0.4, -0.2) is 21.2 Å². The number of hydrogen-bond donors (Lipinski definition) is 1. The van der Waals surface area contributed by atoms with Crippen LogP contribution in [0.25, 0.3) is 10.2 Å². The van der Waals surface area contributed by atoms with Gasteiger partial charge in [0.2, 0.25) is 5.91 Å². The van der Waals surface area contributed by atoms with Crippen LogP contribution in [0.3, 0.4) is 0 Å². The first-order chi connectivity index (χ1) is 14.1. The number of amides is 1. The van der Waals surface area contributed by atoms with E-state index in [1.54, 1.807) is 40.2 Å². The maximum Gasteiger partial charge on any atom is 0.272 e. The van der Waals surface area contributed by atoms with E-state index in [0.29, 0.717) is 32.6 Å². The number of carbonyl (C=O) groups is 1. The largest absolute Gasteiger partial charge is 0.325 e. The van der Waals surface area contributed by atoms with Gasteiger partial charge in [-0.15, -0.1) is 22.7 Å². The van der Waals surface area contributed by atoms with Crippen molar-refractivity contribution in [1.29, 1.82) is 0 Å². The maximum atomic E-state index is 12.9. The molecule has 1 aromatic carbocycles. The summed E-state index contributed by atoms with van der Waals surface area (Å²) < 4.78 is 2.32. The Labute approximate surface area is 184 Å². The van der Waals surface area contributed by atoms with Crippen molar-refractivity contribution in [2.45, 2.75) is 18.1 Å². The highest BCUT2D eigenvalue weighted by Gasteiger charge is 2.14. The number of fused-ring (bicyclic) bond motifs is 1. The Morgan fingerprint density at radius 3 is 2.72 bits per heavy atom. The number of nitrogens with zero attached hydrogens (tertiary/aromatic N) is 2. The Hall–Kier alpha value is -2.13.